The summed E-state index contributed by atoms with van der Waals surface area (Å²) >= 11 is 0. The van der Waals surface area contributed by atoms with Crippen molar-refractivity contribution in [3.05, 3.63) is 34.9 Å². The molecule has 0 saturated heterocycles. The number of rotatable bonds is 4. The molecular weight excluding hydrogens is 196 g/mol. The van der Waals surface area contributed by atoms with Crippen LogP contribution in [0.1, 0.15) is 55.9 Å². The number of aliphatic hydroxyl groups is 1. The van der Waals surface area contributed by atoms with Crippen molar-refractivity contribution in [1.29, 1.82) is 0 Å². The highest BCUT2D eigenvalue weighted by atomic mass is 16.3. The number of hydrogen-bond donors (Lipinski definition) is 1. The average molecular weight is 218 g/mol. The molecule has 0 aliphatic heterocycles. The standard InChI is InChI=1S/C15H22O/c1-11(2)6-9-15(16)14-8-7-12-4-3-5-13(12)10-14/h7-8,10-11,15-16H,3-6,9H2,1-2H3. The molecule has 1 aliphatic rings. The van der Waals surface area contributed by atoms with Crippen LogP contribution in [-0.4, -0.2) is 5.11 Å². The molecule has 1 atom stereocenters. The quantitative estimate of drug-likeness (QED) is 0.818. The lowest BCUT2D eigenvalue weighted by Crippen LogP contribution is -2.00. The van der Waals surface area contributed by atoms with Gasteiger partial charge in [-0.1, -0.05) is 32.0 Å². The van der Waals surface area contributed by atoms with Gasteiger partial charge in [-0.15, -0.1) is 0 Å². The summed E-state index contributed by atoms with van der Waals surface area (Å²) in [5.41, 5.74) is 4.06. The number of aryl methyl sites for hydroxylation is 2. The first-order valence-electron chi connectivity index (χ1n) is 6.46. The third-order valence-corrected chi connectivity index (χ3v) is 3.52. The average Bonchev–Trinajstić information content (AvgIpc) is 2.72. The van der Waals surface area contributed by atoms with Gasteiger partial charge in [0.25, 0.3) is 0 Å². The van der Waals surface area contributed by atoms with Crippen LogP contribution in [0, 0.1) is 5.92 Å². The molecule has 1 aliphatic carbocycles. The van der Waals surface area contributed by atoms with E-state index in [9.17, 15) is 5.11 Å². The second kappa shape index (κ2) is 5.01. The lowest BCUT2D eigenvalue weighted by atomic mass is 9.97. The van der Waals surface area contributed by atoms with E-state index in [0.29, 0.717) is 5.92 Å². The molecule has 2 rings (SSSR count). The van der Waals surface area contributed by atoms with E-state index in [2.05, 4.69) is 32.0 Å². The van der Waals surface area contributed by atoms with Crippen LogP contribution in [-0.2, 0) is 12.8 Å². The lowest BCUT2D eigenvalue weighted by Gasteiger charge is -2.13. The Labute approximate surface area is 98.5 Å². The van der Waals surface area contributed by atoms with Crippen molar-refractivity contribution in [3.8, 4) is 0 Å². The maximum Gasteiger partial charge on any atom is 0.0790 e. The van der Waals surface area contributed by atoms with Crippen LogP contribution in [0.2, 0.25) is 0 Å². The molecule has 0 bridgehead atoms. The minimum Gasteiger partial charge on any atom is -0.388 e. The van der Waals surface area contributed by atoms with Gasteiger partial charge >= 0.3 is 0 Å². The van der Waals surface area contributed by atoms with E-state index < -0.39 is 0 Å². The molecule has 0 radical (unpaired) electrons. The summed E-state index contributed by atoms with van der Waals surface area (Å²) in [4.78, 5) is 0. The Morgan fingerprint density at radius 3 is 2.62 bits per heavy atom. The molecule has 0 heterocycles. The van der Waals surface area contributed by atoms with Crippen molar-refractivity contribution < 1.29 is 5.11 Å². The summed E-state index contributed by atoms with van der Waals surface area (Å²) in [6.45, 7) is 4.41. The minimum atomic E-state index is -0.270. The number of benzene rings is 1. The van der Waals surface area contributed by atoms with Crippen LogP contribution in [0.5, 0.6) is 0 Å². The van der Waals surface area contributed by atoms with Gasteiger partial charge < -0.3 is 5.11 Å². The van der Waals surface area contributed by atoms with E-state index in [4.69, 9.17) is 0 Å². The predicted octanol–water partition coefficient (Wildman–Crippen LogP) is 3.64. The second-order valence-electron chi connectivity index (χ2n) is 5.37. The topological polar surface area (TPSA) is 20.2 Å². The largest absolute Gasteiger partial charge is 0.388 e. The molecule has 16 heavy (non-hydrogen) atoms. The van der Waals surface area contributed by atoms with Gasteiger partial charge in [-0.3, -0.25) is 0 Å². The van der Waals surface area contributed by atoms with Crippen LogP contribution < -0.4 is 0 Å². The van der Waals surface area contributed by atoms with Crippen molar-refractivity contribution >= 4 is 0 Å². The Morgan fingerprint density at radius 2 is 1.88 bits per heavy atom. The predicted molar refractivity (Wildman–Crippen MR) is 67.5 cm³/mol. The molecule has 1 unspecified atom stereocenters. The minimum absolute atomic E-state index is 0.270. The highest BCUT2D eigenvalue weighted by molar-refractivity contribution is 5.36. The molecule has 1 aromatic rings. The van der Waals surface area contributed by atoms with Crippen LogP contribution in [0.25, 0.3) is 0 Å². The summed E-state index contributed by atoms with van der Waals surface area (Å²) in [5.74, 6) is 0.670. The van der Waals surface area contributed by atoms with Gasteiger partial charge in [-0.2, -0.15) is 0 Å². The van der Waals surface area contributed by atoms with Crippen molar-refractivity contribution in [2.75, 3.05) is 0 Å². The van der Waals surface area contributed by atoms with E-state index in [1.807, 2.05) is 0 Å². The molecule has 0 fully saturated rings. The van der Waals surface area contributed by atoms with Crippen LogP contribution >= 0.6 is 0 Å². The maximum atomic E-state index is 10.1. The Morgan fingerprint density at radius 1 is 1.12 bits per heavy atom. The van der Waals surface area contributed by atoms with Gasteiger partial charge in [-0.05, 0) is 54.7 Å². The summed E-state index contributed by atoms with van der Waals surface area (Å²) in [6.07, 6.45) is 5.40. The summed E-state index contributed by atoms with van der Waals surface area (Å²) in [7, 11) is 0. The molecule has 0 saturated carbocycles. The van der Waals surface area contributed by atoms with Crippen molar-refractivity contribution in [2.45, 2.75) is 52.1 Å². The molecule has 1 nitrogen and oxygen atoms in total. The van der Waals surface area contributed by atoms with E-state index >= 15 is 0 Å². The normalized spacial score (nSPS) is 16.5. The molecule has 88 valence electrons. The van der Waals surface area contributed by atoms with E-state index in [0.717, 1.165) is 18.4 Å². The molecule has 0 amide bonds. The monoisotopic (exact) mass is 218 g/mol. The van der Waals surface area contributed by atoms with E-state index in [1.54, 1.807) is 0 Å². The Balaban J connectivity index is 2.03. The van der Waals surface area contributed by atoms with Crippen molar-refractivity contribution in [1.82, 2.24) is 0 Å². The molecular formula is C15H22O. The van der Waals surface area contributed by atoms with Crippen molar-refractivity contribution in [3.63, 3.8) is 0 Å². The van der Waals surface area contributed by atoms with Crippen LogP contribution in [0.15, 0.2) is 18.2 Å². The zero-order chi connectivity index (χ0) is 11.5. The molecule has 1 aromatic carbocycles. The molecule has 1 heteroatoms. The van der Waals surface area contributed by atoms with Gasteiger partial charge in [0.1, 0.15) is 0 Å². The highest BCUT2D eigenvalue weighted by Gasteiger charge is 2.14. The molecule has 0 aromatic heterocycles. The first kappa shape index (κ1) is 11.7. The van der Waals surface area contributed by atoms with Gasteiger partial charge in [0.05, 0.1) is 6.10 Å². The summed E-state index contributed by atoms with van der Waals surface area (Å²) < 4.78 is 0. The van der Waals surface area contributed by atoms with Crippen LogP contribution in [0.3, 0.4) is 0 Å². The third kappa shape index (κ3) is 2.65. The van der Waals surface area contributed by atoms with Gasteiger partial charge in [0.15, 0.2) is 0 Å². The summed E-state index contributed by atoms with van der Waals surface area (Å²) in [5, 5.41) is 10.1. The second-order valence-corrected chi connectivity index (χ2v) is 5.37. The van der Waals surface area contributed by atoms with E-state index in [-0.39, 0.29) is 6.10 Å². The van der Waals surface area contributed by atoms with E-state index in [1.165, 1.54) is 30.4 Å². The zero-order valence-corrected chi connectivity index (χ0v) is 10.4. The Hall–Kier alpha value is -0.820. The lowest BCUT2D eigenvalue weighted by molar-refractivity contribution is 0.159. The molecule has 1 N–H and O–H groups in total. The number of hydrogen-bond acceptors (Lipinski definition) is 1. The zero-order valence-electron chi connectivity index (χ0n) is 10.4. The molecule has 0 spiro atoms. The first-order valence-corrected chi connectivity index (χ1v) is 6.46. The maximum absolute atomic E-state index is 10.1. The summed E-state index contributed by atoms with van der Waals surface area (Å²) in [6, 6.07) is 6.53. The first-order chi connectivity index (χ1) is 7.66. The third-order valence-electron chi connectivity index (χ3n) is 3.52. The smallest absolute Gasteiger partial charge is 0.0790 e. The SMILES string of the molecule is CC(C)CCC(O)c1ccc2c(c1)CCC2. The van der Waals surface area contributed by atoms with Gasteiger partial charge in [0.2, 0.25) is 0 Å². The van der Waals surface area contributed by atoms with Gasteiger partial charge in [0, 0.05) is 0 Å². The number of fused-ring (bicyclic) bond motifs is 1. The Bertz CT molecular complexity index is 354. The van der Waals surface area contributed by atoms with Crippen LogP contribution in [0.4, 0.5) is 0 Å². The van der Waals surface area contributed by atoms with Crippen molar-refractivity contribution in [2.24, 2.45) is 5.92 Å². The Kier molecular flexibility index (Phi) is 3.65. The highest BCUT2D eigenvalue weighted by Crippen LogP contribution is 2.27. The fraction of sp³-hybridized carbons (Fsp3) is 0.600. The fourth-order valence-electron chi connectivity index (χ4n) is 2.46. The van der Waals surface area contributed by atoms with Gasteiger partial charge in [-0.25, -0.2) is 0 Å². The number of aliphatic hydroxyl groups excluding tert-OH is 1. The fourth-order valence-corrected chi connectivity index (χ4v) is 2.46.